The van der Waals surface area contributed by atoms with Gasteiger partial charge in [0.25, 0.3) is 0 Å². The molecule has 33 heavy (non-hydrogen) atoms. The molecule has 3 rings (SSSR count). The summed E-state index contributed by atoms with van der Waals surface area (Å²) in [4.78, 5) is 39.2. The molecule has 3 amide bonds. The fourth-order valence-electron chi connectivity index (χ4n) is 3.95. The standard InChI is InChI=1S/C25H29F2N3O3/c1-17(28-23(31)14-19-12-20(26)15-21(27)13-19)25(33)29-22-8-5-10-30(24(32)16-22)11-9-18-6-3-2-4-7-18/h2-4,6-7,12-13,15,17,22H,5,8-11,14,16H2,1H3,(H,28,31)(H,29,33)/t17-,22-/m0/s1. The minimum atomic E-state index is -0.844. The summed E-state index contributed by atoms with van der Waals surface area (Å²) in [7, 11) is 0. The molecule has 0 saturated carbocycles. The van der Waals surface area contributed by atoms with E-state index in [-0.39, 0.29) is 30.4 Å². The highest BCUT2D eigenvalue weighted by molar-refractivity contribution is 5.88. The summed E-state index contributed by atoms with van der Waals surface area (Å²) in [5.74, 6) is -2.45. The van der Waals surface area contributed by atoms with Gasteiger partial charge >= 0.3 is 0 Å². The number of amides is 3. The van der Waals surface area contributed by atoms with Gasteiger partial charge in [0.05, 0.1) is 6.42 Å². The van der Waals surface area contributed by atoms with Gasteiger partial charge in [-0.15, -0.1) is 0 Å². The Labute approximate surface area is 192 Å². The van der Waals surface area contributed by atoms with Crippen LogP contribution in [0.3, 0.4) is 0 Å². The van der Waals surface area contributed by atoms with E-state index in [1.165, 1.54) is 12.5 Å². The lowest BCUT2D eigenvalue weighted by molar-refractivity contribution is -0.132. The van der Waals surface area contributed by atoms with Crippen molar-refractivity contribution in [3.8, 4) is 0 Å². The third-order valence-corrected chi connectivity index (χ3v) is 5.67. The fourth-order valence-corrected chi connectivity index (χ4v) is 3.95. The fraction of sp³-hybridized carbons (Fsp3) is 0.400. The average Bonchev–Trinajstić information content (AvgIpc) is 2.92. The van der Waals surface area contributed by atoms with Crippen LogP contribution in [0, 0.1) is 11.6 Å². The normalized spacial score (nSPS) is 17.2. The molecule has 1 aliphatic rings. The number of carbonyl (C=O) groups excluding carboxylic acids is 3. The second-order valence-corrected chi connectivity index (χ2v) is 8.41. The number of hydrogen-bond donors (Lipinski definition) is 2. The minimum Gasteiger partial charge on any atom is -0.351 e. The summed E-state index contributed by atoms with van der Waals surface area (Å²) in [5.41, 5.74) is 1.35. The van der Waals surface area contributed by atoms with E-state index in [0.717, 1.165) is 31.0 Å². The van der Waals surface area contributed by atoms with Crippen molar-refractivity contribution in [1.82, 2.24) is 15.5 Å². The second kappa shape index (κ2) is 11.5. The molecule has 2 aromatic carbocycles. The number of nitrogens with zero attached hydrogens (tertiary/aromatic N) is 1. The molecule has 0 unspecified atom stereocenters. The molecule has 0 radical (unpaired) electrons. The largest absolute Gasteiger partial charge is 0.351 e. The van der Waals surface area contributed by atoms with Crippen LogP contribution in [0.4, 0.5) is 8.78 Å². The van der Waals surface area contributed by atoms with E-state index in [1.807, 2.05) is 35.2 Å². The maximum atomic E-state index is 13.3. The van der Waals surface area contributed by atoms with Crippen LogP contribution < -0.4 is 10.6 Å². The van der Waals surface area contributed by atoms with Crippen molar-refractivity contribution in [2.45, 2.75) is 51.1 Å². The summed E-state index contributed by atoms with van der Waals surface area (Å²) in [6.45, 7) is 2.81. The maximum Gasteiger partial charge on any atom is 0.242 e. The third kappa shape index (κ3) is 7.66. The van der Waals surface area contributed by atoms with Gasteiger partial charge in [-0.3, -0.25) is 14.4 Å². The van der Waals surface area contributed by atoms with Crippen molar-refractivity contribution in [1.29, 1.82) is 0 Å². The first-order chi connectivity index (χ1) is 15.8. The second-order valence-electron chi connectivity index (χ2n) is 8.41. The molecular formula is C25H29F2N3O3. The Morgan fingerprint density at radius 1 is 1.09 bits per heavy atom. The average molecular weight is 458 g/mol. The first-order valence-electron chi connectivity index (χ1n) is 11.2. The highest BCUT2D eigenvalue weighted by Crippen LogP contribution is 2.14. The zero-order valence-electron chi connectivity index (χ0n) is 18.7. The van der Waals surface area contributed by atoms with Gasteiger partial charge in [-0.25, -0.2) is 8.78 Å². The van der Waals surface area contributed by atoms with Crippen LogP contribution in [0.1, 0.15) is 37.3 Å². The molecule has 8 heteroatoms. The van der Waals surface area contributed by atoms with E-state index in [2.05, 4.69) is 10.6 Å². The van der Waals surface area contributed by atoms with Crippen molar-refractivity contribution < 1.29 is 23.2 Å². The number of likely N-dealkylation sites (tertiary alicyclic amines) is 1. The van der Waals surface area contributed by atoms with Gasteiger partial charge in [-0.1, -0.05) is 30.3 Å². The molecule has 2 aromatic rings. The Bertz CT molecular complexity index is 964. The number of benzene rings is 2. The Kier molecular flexibility index (Phi) is 8.52. The van der Waals surface area contributed by atoms with Crippen LogP contribution in [0.25, 0.3) is 0 Å². The maximum absolute atomic E-state index is 13.3. The zero-order valence-corrected chi connectivity index (χ0v) is 18.7. The molecule has 1 saturated heterocycles. The number of carbonyl (C=O) groups is 3. The molecule has 2 N–H and O–H groups in total. The Balaban J connectivity index is 1.46. The lowest BCUT2D eigenvalue weighted by Gasteiger charge is -2.22. The van der Waals surface area contributed by atoms with Crippen LogP contribution in [-0.2, 0) is 27.2 Å². The van der Waals surface area contributed by atoms with E-state index in [1.54, 1.807) is 0 Å². The predicted octanol–water partition coefficient (Wildman–Crippen LogP) is 2.75. The Morgan fingerprint density at radius 2 is 1.79 bits per heavy atom. The smallest absolute Gasteiger partial charge is 0.242 e. The molecule has 1 fully saturated rings. The summed E-state index contributed by atoms with van der Waals surface area (Å²) in [6, 6.07) is 11.7. The SMILES string of the molecule is C[C@H](NC(=O)Cc1cc(F)cc(F)c1)C(=O)N[C@H]1CCCN(CCc2ccccc2)C(=O)C1. The van der Waals surface area contributed by atoms with Gasteiger partial charge in [0.2, 0.25) is 17.7 Å². The molecule has 0 aromatic heterocycles. The van der Waals surface area contributed by atoms with Crippen LogP contribution in [0.2, 0.25) is 0 Å². The van der Waals surface area contributed by atoms with Gasteiger partial charge in [-0.2, -0.15) is 0 Å². The Morgan fingerprint density at radius 3 is 2.48 bits per heavy atom. The molecule has 1 aliphatic heterocycles. The molecule has 6 nitrogen and oxygen atoms in total. The van der Waals surface area contributed by atoms with Crippen LogP contribution in [0.5, 0.6) is 0 Å². The van der Waals surface area contributed by atoms with E-state index in [4.69, 9.17) is 0 Å². The topological polar surface area (TPSA) is 78.5 Å². The highest BCUT2D eigenvalue weighted by Gasteiger charge is 2.26. The summed E-state index contributed by atoms with van der Waals surface area (Å²) < 4.78 is 26.6. The third-order valence-electron chi connectivity index (χ3n) is 5.67. The van der Waals surface area contributed by atoms with Crippen molar-refractivity contribution in [3.63, 3.8) is 0 Å². The minimum absolute atomic E-state index is 0.00134. The van der Waals surface area contributed by atoms with Crippen molar-refractivity contribution >= 4 is 17.7 Å². The molecule has 1 heterocycles. The highest BCUT2D eigenvalue weighted by atomic mass is 19.1. The zero-order chi connectivity index (χ0) is 23.8. The van der Waals surface area contributed by atoms with E-state index < -0.39 is 29.5 Å². The number of nitrogens with one attached hydrogen (secondary N) is 2. The van der Waals surface area contributed by atoms with Gasteiger partial charge in [0, 0.05) is 31.6 Å². The first-order valence-corrected chi connectivity index (χ1v) is 11.2. The van der Waals surface area contributed by atoms with Crippen molar-refractivity contribution in [2.24, 2.45) is 0 Å². The quantitative estimate of drug-likeness (QED) is 0.640. The summed E-state index contributed by atoms with van der Waals surface area (Å²) >= 11 is 0. The lowest BCUT2D eigenvalue weighted by Crippen LogP contribution is -2.49. The lowest BCUT2D eigenvalue weighted by atomic mass is 10.1. The van der Waals surface area contributed by atoms with Crippen LogP contribution in [0.15, 0.2) is 48.5 Å². The van der Waals surface area contributed by atoms with Crippen molar-refractivity contribution in [2.75, 3.05) is 13.1 Å². The van der Waals surface area contributed by atoms with E-state index in [0.29, 0.717) is 19.5 Å². The predicted molar refractivity (Wildman–Crippen MR) is 120 cm³/mol. The van der Waals surface area contributed by atoms with Crippen LogP contribution in [-0.4, -0.2) is 47.8 Å². The van der Waals surface area contributed by atoms with Crippen LogP contribution >= 0.6 is 0 Å². The number of hydrogen-bond acceptors (Lipinski definition) is 3. The molecular weight excluding hydrogens is 428 g/mol. The molecule has 176 valence electrons. The Hall–Kier alpha value is -3.29. The number of rotatable bonds is 8. The van der Waals surface area contributed by atoms with Gasteiger partial charge in [0.1, 0.15) is 17.7 Å². The van der Waals surface area contributed by atoms with E-state index in [9.17, 15) is 23.2 Å². The molecule has 0 spiro atoms. The van der Waals surface area contributed by atoms with Gasteiger partial charge in [-0.05, 0) is 49.4 Å². The molecule has 0 bridgehead atoms. The van der Waals surface area contributed by atoms with Gasteiger partial charge in [0.15, 0.2) is 0 Å². The molecule has 0 aliphatic carbocycles. The van der Waals surface area contributed by atoms with E-state index >= 15 is 0 Å². The monoisotopic (exact) mass is 457 g/mol. The summed E-state index contributed by atoms with van der Waals surface area (Å²) in [6.07, 6.45) is 2.19. The first kappa shape index (κ1) is 24.4. The summed E-state index contributed by atoms with van der Waals surface area (Å²) in [5, 5.41) is 5.39. The van der Waals surface area contributed by atoms with Crippen molar-refractivity contribution in [3.05, 3.63) is 71.3 Å². The van der Waals surface area contributed by atoms with Gasteiger partial charge < -0.3 is 15.5 Å². The number of halogens is 2. The molecule has 2 atom stereocenters.